The molecule has 1 heterocycles. The summed E-state index contributed by atoms with van der Waals surface area (Å²) in [7, 11) is 0. The van der Waals surface area contributed by atoms with E-state index in [2.05, 4.69) is 27.6 Å². The summed E-state index contributed by atoms with van der Waals surface area (Å²) in [5.74, 6) is 0. The highest BCUT2D eigenvalue weighted by Crippen LogP contribution is 2.03. The smallest absolute Gasteiger partial charge is 0.125 e. The highest BCUT2D eigenvalue weighted by atomic mass is 127. The second-order valence-corrected chi connectivity index (χ2v) is 3.28. The number of hydrogen-bond acceptors (Lipinski definition) is 1. The van der Waals surface area contributed by atoms with Gasteiger partial charge in [0.05, 0.1) is 3.92 Å². The molecule has 1 aliphatic heterocycles. The van der Waals surface area contributed by atoms with Crippen LogP contribution in [0.4, 0.5) is 0 Å². The topological polar surface area (TPSA) is 12.4 Å². The Bertz CT molecular complexity index is 146. The molecule has 0 radical (unpaired) electrons. The zero-order valence-corrected chi connectivity index (χ0v) is 7.02. The molecule has 0 amide bonds. The molecular formula is C5H4INS. The molecule has 0 spiro atoms. The molecule has 1 rings (SSSR count). The summed E-state index contributed by atoms with van der Waals surface area (Å²) in [6.07, 6.45) is 5.71. The molecule has 8 heavy (non-hydrogen) atoms. The molecule has 42 valence electrons. The van der Waals surface area contributed by atoms with Gasteiger partial charge in [-0.05, 0) is 6.08 Å². The SMILES string of the molecule is S=C1C=CC(I)C=N1. The molecule has 0 saturated heterocycles. The lowest BCUT2D eigenvalue weighted by atomic mass is 10.3. The molecule has 1 nitrogen and oxygen atoms in total. The minimum absolute atomic E-state index is 0.430. The van der Waals surface area contributed by atoms with Gasteiger partial charge >= 0.3 is 0 Å². The average Bonchev–Trinajstić information content (AvgIpc) is 1.77. The van der Waals surface area contributed by atoms with Crippen molar-refractivity contribution in [3.05, 3.63) is 12.2 Å². The maximum absolute atomic E-state index is 4.77. The Kier molecular flexibility index (Phi) is 2.13. The Morgan fingerprint density at radius 1 is 1.75 bits per heavy atom. The molecule has 0 aromatic heterocycles. The van der Waals surface area contributed by atoms with E-state index in [4.69, 9.17) is 12.2 Å². The van der Waals surface area contributed by atoms with E-state index < -0.39 is 0 Å². The summed E-state index contributed by atoms with van der Waals surface area (Å²) < 4.78 is 0.430. The van der Waals surface area contributed by atoms with Gasteiger partial charge in [0, 0.05) is 6.21 Å². The number of nitrogens with zero attached hydrogens (tertiary/aromatic N) is 1. The van der Waals surface area contributed by atoms with Gasteiger partial charge in [0.15, 0.2) is 0 Å². The summed E-state index contributed by atoms with van der Waals surface area (Å²) in [5, 5.41) is 0. The standard InChI is InChI=1S/C5H4INS/c6-4-1-2-5(8)7-3-4/h1-4H. The molecule has 0 aliphatic carbocycles. The minimum Gasteiger partial charge on any atom is -0.248 e. The van der Waals surface area contributed by atoms with Crippen LogP contribution in [0.3, 0.4) is 0 Å². The Morgan fingerprint density at radius 2 is 2.50 bits per heavy atom. The highest BCUT2D eigenvalue weighted by Gasteiger charge is 1.98. The monoisotopic (exact) mass is 237 g/mol. The average molecular weight is 237 g/mol. The van der Waals surface area contributed by atoms with Crippen molar-refractivity contribution in [1.29, 1.82) is 0 Å². The van der Waals surface area contributed by atoms with Crippen molar-refractivity contribution in [3.8, 4) is 0 Å². The van der Waals surface area contributed by atoms with Crippen LogP contribution in [0, 0.1) is 0 Å². The van der Waals surface area contributed by atoms with Crippen LogP contribution in [0.2, 0.25) is 0 Å². The maximum Gasteiger partial charge on any atom is 0.125 e. The molecule has 1 atom stereocenters. The molecule has 1 unspecified atom stereocenters. The molecular weight excluding hydrogens is 233 g/mol. The number of aliphatic imine (C=N–C) groups is 1. The van der Waals surface area contributed by atoms with Gasteiger partial charge < -0.3 is 0 Å². The van der Waals surface area contributed by atoms with E-state index in [1.54, 1.807) is 0 Å². The third-order valence-electron chi connectivity index (χ3n) is 0.767. The summed E-state index contributed by atoms with van der Waals surface area (Å²) in [5.41, 5.74) is 0. The van der Waals surface area contributed by atoms with E-state index >= 15 is 0 Å². The van der Waals surface area contributed by atoms with E-state index in [0.29, 0.717) is 8.91 Å². The lowest BCUT2D eigenvalue weighted by molar-refractivity contribution is 1.55. The number of dihydropyridines is 1. The summed E-state index contributed by atoms with van der Waals surface area (Å²) in [6, 6.07) is 0. The van der Waals surface area contributed by atoms with Gasteiger partial charge in [-0.2, -0.15) is 0 Å². The summed E-state index contributed by atoms with van der Waals surface area (Å²) in [4.78, 5) is 4.60. The first-order valence-corrected chi connectivity index (χ1v) is 3.85. The van der Waals surface area contributed by atoms with Crippen molar-refractivity contribution >= 4 is 46.0 Å². The molecule has 0 N–H and O–H groups in total. The van der Waals surface area contributed by atoms with Gasteiger partial charge in [-0.3, -0.25) is 0 Å². The predicted octanol–water partition coefficient (Wildman–Crippen LogP) is 1.76. The second-order valence-electron chi connectivity index (χ2n) is 1.42. The van der Waals surface area contributed by atoms with Crippen molar-refractivity contribution < 1.29 is 0 Å². The highest BCUT2D eigenvalue weighted by molar-refractivity contribution is 14.1. The zero-order chi connectivity index (χ0) is 5.98. The van der Waals surface area contributed by atoms with Crippen LogP contribution >= 0.6 is 34.8 Å². The molecule has 0 aromatic rings. The molecule has 0 aromatic carbocycles. The van der Waals surface area contributed by atoms with Gasteiger partial charge in [0.2, 0.25) is 0 Å². The summed E-state index contributed by atoms with van der Waals surface area (Å²) >= 11 is 7.04. The second kappa shape index (κ2) is 2.68. The van der Waals surface area contributed by atoms with Gasteiger partial charge in [0.1, 0.15) is 4.99 Å². The lowest BCUT2D eigenvalue weighted by Crippen LogP contribution is -2.01. The fraction of sp³-hybridized carbons (Fsp3) is 0.200. The van der Waals surface area contributed by atoms with Crippen molar-refractivity contribution in [2.24, 2.45) is 4.99 Å². The van der Waals surface area contributed by atoms with E-state index in [0.717, 1.165) is 0 Å². The number of alkyl halides is 1. The van der Waals surface area contributed by atoms with Crippen LogP contribution in [-0.4, -0.2) is 15.1 Å². The van der Waals surface area contributed by atoms with Crippen molar-refractivity contribution in [2.45, 2.75) is 3.92 Å². The Labute approximate surface area is 67.0 Å². The first-order valence-electron chi connectivity index (χ1n) is 2.19. The van der Waals surface area contributed by atoms with Crippen LogP contribution in [0.15, 0.2) is 17.1 Å². The van der Waals surface area contributed by atoms with Crippen molar-refractivity contribution in [3.63, 3.8) is 0 Å². The number of rotatable bonds is 0. The lowest BCUT2D eigenvalue weighted by Gasteiger charge is -1.98. The van der Waals surface area contributed by atoms with E-state index in [9.17, 15) is 0 Å². The van der Waals surface area contributed by atoms with Gasteiger partial charge in [-0.25, -0.2) is 4.99 Å². The molecule has 0 bridgehead atoms. The van der Waals surface area contributed by atoms with E-state index in [1.807, 2.05) is 18.4 Å². The number of allylic oxidation sites excluding steroid dienone is 1. The Hall–Kier alpha value is 0.230. The molecule has 0 fully saturated rings. The molecule has 3 heteroatoms. The van der Waals surface area contributed by atoms with Crippen molar-refractivity contribution in [2.75, 3.05) is 0 Å². The van der Waals surface area contributed by atoms with Crippen LogP contribution < -0.4 is 0 Å². The fourth-order valence-electron chi connectivity index (χ4n) is 0.412. The number of hydrogen-bond donors (Lipinski definition) is 0. The minimum atomic E-state index is 0.430. The van der Waals surface area contributed by atoms with Crippen LogP contribution in [-0.2, 0) is 0 Å². The first kappa shape index (κ1) is 6.35. The van der Waals surface area contributed by atoms with Gasteiger partial charge in [0.25, 0.3) is 0 Å². The largest absolute Gasteiger partial charge is 0.248 e. The van der Waals surface area contributed by atoms with Gasteiger partial charge in [-0.1, -0.05) is 40.9 Å². The van der Waals surface area contributed by atoms with Crippen LogP contribution in [0.5, 0.6) is 0 Å². The number of halogens is 1. The Balaban J connectivity index is 2.68. The van der Waals surface area contributed by atoms with Crippen molar-refractivity contribution in [1.82, 2.24) is 0 Å². The van der Waals surface area contributed by atoms with E-state index in [1.165, 1.54) is 0 Å². The molecule has 0 saturated carbocycles. The molecule has 1 aliphatic rings. The fourth-order valence-corrected chi connectivity index (χ4v) is 0.919. The van der Waals surface area contributed by atoms with E-state index in [-0.39, 0.29) is 0 Å². The van der Waals surface area contributed by atoms with Crippen LogP contribution in [0.1, 0.15) is 0 Å². The number of thiocarbonyl (C=S) groups is 1. The maximum atomic E-state index is 4.77. The van der Waals surface area contributed by atoms with Crippen LogP contribution in [0.25, 0.3) is 0 Å². The third kappa shape index (κ3) is 1.63. The van der Waals surface area contributed by atoms with Gasteiger partial charge in [-0.15, -0.1) is 0 Å². The predicted molar refractivity (Wildman–Crippen MR) is 48.0 cm³/mol. The Morgan fingerprint density at radius 3 is 2.88 bits per heavy atom. The quantitative estimate of drug-likeness (QED) is 0.355. The first-order chi connectivity index (χ1) is 3.79. The zero-order valence-electron chi connectivity index (χ0n) is 4.04. The third-order valence-corrected chi connectivity index (χ3v) is 1.75. The normalized spacial score (nSPS) is 26.6. The summed E-state index contributed by atoms with van der Waals surface area (Å²) in [6.45, 7) is 0.